The molecule has 5 N–H and O–H groups in total. The number of hydrogen-bond acceptors (Lipinski definition) is 8. The van der Waals surface area contributed by atoms with Crippen molar-refractivity contribution in [1.29, 1.82) is 5.26 Å². The van der Waals surface area contributed by atoms with Gasteiger partial charge in [-0.3, -0.25) is 14.7 Å². The molecular weight excluding hydrogens is 616 g/mol. The molecule has 11 heteroatoms. The van der Waals surface area contributed by atoms with Crippen LogP contribution in [0.4, 0.5) is 11.4 Å². The highest BCUT2D eigenvalue weighted by Gasteiger charge is 2.33. The number of nitrogens with one attached hydrogen (secondary N) is 3. The molecule has 6 rings (SSSR count). The number of carbonyl (C=O) groups excluding carboxylic acids is 1. The van der Waals surface area contributed by atoms with Crippen LogP contribution in [0.5, 0.6) is 5.95 Å². The SMILES string of the molecule is CC(C)C[C@H](NC(Nc1ccc(C#N)cc1)S(=O)(=O)O)C(=O)Nc1c(C2CCc3c(ccc4c3ccc3ccccc34)C2)coc1O. The number of amides is 1. The number of hydrogen-bond donors (Lipinski definition) is 5. The van der Waals surface area contributed by atoms with Gasteiger partial charge in [-0.1, -0.05) is 62.4 Å². The Morgan fingerprint density at radius 1 is 1.02 bits per heavy atom. The van der Waals surface area contributed by atoms with Crippen LogP contribution in [0.1, 0.15) is 54.9 Å². The average Bonchev–Trinajstić information content (AvgIpc) is 3.42. The first kappa shape index (κ1) is 32.1. The van der Waals surface area contributed by atoms with Crippen molar-refractivity contribution in [3.8, 4) is 12.0 Å². The number of rotatable bonds is 10. The second-order valence-electron chi connectivity index (χ2n) is 12.5. The highest BCUT2D eigenvalue weighted by molar-refractivity contribution is 7.86. The maximum atomic E-state index is 13.7. The average molecular weight is 653 g/mol. The number of aryl methyl sites for hydroxylation is 1. The number of fused-ring (bicyclic) bond motifs is 5. The van der Waals surface area contributed by atoms with E-state index in [0.29, 0.717) is 23.2 Å². The first-order valence-electron chi connectivity index (χ1n) is 15.5. The van der Waals surface area contributed by atoms with Crippen molar-refractivity contribution in [2.75, 3.05) is 10.6 Å². The van der Waals surface area contributed by atoms with E-state index in [1.807, 2.05) is 26.0 Å². The lowest BCUT2D eigenvalue weighted by molar-refractivity contribution is -0.118. The van der Waals surface area contributed by atoms with E-state index in [2.05, 4.69) is 58.4 Å². The predicted molar refractivity (Wildman–Crippen MR) is 182 cm³/mol. The number of benzene rings is 4. The summed E-state index contributed by atoms with van der Waals surface area (Å²) in [4.78, 5) is 13.7. The zero-order valence-electron chi connectivity index (χ0n) is 26.0. The molecule has 0 spiro atoms. The molecule has 47 heavy (non-hydrogen) atoms. The minimum Gasteiger partial charge on any atom is -0.479 e. The zero-order chi connectivity index (χ0) is 33.3. The van der Waals surface area contributed by atoms with Crippen LogP contribution in [0.2, 0.25) is 0 Å². The highest BCUT2D eigenvalue weighted by atomic mass is 32.2. The zero-order valence-corrected chi connectivity index (χ0v) is 26.8. The van der Waals surface area contributed by atoms with E-state index >= 15 is 0 Å². The predicted octanol–water partition coefficient (Wildman–Crippen LogP) is 6.66. The largest absolute Gasteiger partial charge is 0.479 e. The molecule has 4 aromatic carbocycles. The lowest BCUT2D eigenvalue weighted by Gasteiger charge is -2.27. The minimum atomic E-state index is -4.73. The van der Waals surface area contributed by atoms with Crippen LogP contribution in [0.3, 0.4) is 0 Å². The summed E-state index contributed by atoms with van der Waals surface area (Å²) < 4.78 is 40.2. The molecule has 5 aromatic rings. The van der Waals surface area contributed by atoms with E-state index < -0.39 is 33.5 Å². The number of carbonyl (C=O) groups is 1. The summed E-state index contributed by atoms with van der Waals surface area (Å²) in [5.74, 6) is -1.11. The van der Waals surface area contributed by atoms with E-state index in [4.69, 9.17) is 9.68 Å². The Balaban J connectivity index is 1.23. The number of nitrogens with zero attached hydrogens (tertiary/aromatic N) is 1. The Kier molecular flexibility index (Phi) is 8.92. The van der Waals surface area contributed by atoms with Gasteiger partial charge >= 0.3 is 5.95 Å². The van der Waals surface area contributed by atoms with Gasteiger partial charge in [0.2, 0.25) is 11.4 Å². The molecule has 242 valence electrons. The van der Waals surface area contributed by atoms with Crippen LogP contribution in [0.25, 0.3) is 21.5 Å². The molecule has 0 radical (unpaired) electrons. The van der Waals surface area contributed by atoms with Crippen LogP contribution in [-0.4, -0.2) is 35.5 Å². The van der Waals surface area contributed by atoms with Gasteiger partial charge in [-0.2, -0.15) is 13.7 Å². The van der Waals surface area contributed by atoms with Crippen LogP contribution < -0.4 is 16.0 Å². The highest BCUT2D eigenvalue weighted by Crippen LogP contribution is 2.43. The first-order valence-corrected chi connectivity index (χ1v) is 17.0. The number of nitriles is 1. The Labute approximate surface area is 273 Å². The van der Waals surface area contributed by atoms with Crippen molar-refractivity contribution in [3.63, 3.8) is 0 Å². The second-order valence-corrected chi connectivity index (χ2v) is 14.0. The molecule has 1 heterocycles. The fraction of sp³-hybridized carbons (Fsp3) is 0.278. The Morgan fingerprint density at radius 3 is 2.49 bits per heavy atom. The Hall–Kier alpha value is -4.89. The molecule has 1 aliphatic carbocycles. The monoisotopic (exact) mass is 652 g/mol. The summed E-state index contributed by atoms with van der Waals surface area (Å²) in [5.41, 5.74) is 2.27. The topological polar surface area (TPSA) is 165 Å². The Bertz CT molecular complexity index is 2100. The van der Waals surface area contributed by atoms with Gasteiger partial charge in [0.15, 0.2) is 0 Å². The van der Waals surface area contributed by atoms with Gasteiger partial charge in [-0.15, -0.1) is 0 Å². The summed E-state index contributed by atoms with van der Waals surface area (Å²) in [6.07, 6.45) is 3.96. The maximum absolute atomic E-state index is 13.7. The molecule has 10 nitrogen and oxygen atoms in total. The molecule has 1 amide bonds. The quantitative estimate of drug-likeness (QED) is 0.0630. The summed E-state index contributed by atoms with van der Waals surface area (Å²) >= 11 is 0. The molecule has 0 fully saturated rings. The van der Waals surface area contributed by atoms with Gasteiger partial charge in [-0.05, 0) is 94.5 Å². The third kappa shape index (κ3) is 6.81. The van der Waals surface area contributed by atoms with Gasteiger partial charge in [0.25, 0.3) is 10.1 Å². The second kappa shape index (κ2) is 13.1. The van der Waals surface area contributed by atoms with Gasteiger partial charge < -0.3 is 20.2 Å². The van der Waals surface area contributed by atoms with E-state index in [1.54, 1.807) is 0 Å². The van der Waals surface area contributed by atoms with Crippen LogP contribution in [-0.2, 0) is 27.8 Å². The molecule has 1 aromatic heterocycles. The van der Waals surface area contributed by atoms with Crippen LogP contribution >= 0.6 is 0 Å². The maximum Gasteiger partial charge on any atom is 0.306 e. The third-order valence-electron chi connectivity index (χ3n) is 8.82. The summed E-state index contributed by atoms with van der Waals surface area (Å²) in [6.45, 7) is 3.76. The van der Waals surface area contributed by atoms with Crippen molar-refractivity contribution in [2.24, 2.45) is 5.92 Å². The lowest BCUT2D eigenvalue weighted by Crippen LogP contribution is -2.52. The van der Waals surface area contributed by atoms with Crippen molar-refractivity contribution in [3.05, 3.63) is 101 Å². The van der Waals surface area contributed by atoms with Crippen molar-refractivity contribution < 1.29 is 27.3 Å². The van der Waals surface area contributed by atoms with Crippen molar-refractivity contribution >= 4 is 48.9 Å². The number of furan rings is 1. The molecule has 3 atom stereocenters. The standard InChI is InChI=1S/C36H36N4O6S/c1-21(2)17-32(39-36(47(43,44)45)38-26-12-7-22(19-37)8-13-26)34(41)40-33-31(20-46-35(33)42)25-10-14-28-24(18-25)11-16-29-27-6-4-3-5-23(27)9-15-30(28)29/h3-9,11-13,15-16,20-21,25,32,36,38-39,42H,10,14,17-18H2,1-2H3,(H,40,41)(H,43,44,45)/t25?,32-,36?/m0/s1. The fourth-order valence-electron chi connectivity index (χ4n) is 6.53. The minimum absolute atomic E-state index is 0.0329. The third-order valence-corrected chi connectivity index (χ3v) is 9.67. The lowest BCUT2D eigenvalue weighted by atomic mass is 9.78. The van der Waals surface area contributed by atoms with Gasteiger partial charge in [-0.25, -0.2) is 0 Å². The normalized spacial score (nSPS) is 16.0. The Morgan fingerprint density at radius 2 is 1.77 bits per heavy atom. The van der Waals surface area contributed by atoms with E-state index in [1.165, 1.54) is 63.2 Å². The molecule has 0 bridgehead atoms. The van der Waals surface area contributed by atoms with Crippen LogP contribution in [0.15, 0.2) is 83.5 Å². The van der Waals surface area contributed by atoms with E-state index in [0.717, 1.165) is 12.8 Å². The van der Waals surface area contributed by atoms with Crippen LogP contribution in [0, 0.1) is 17.2 Å². The first-order chi connectivity index (χ1) is 22.5. The molecule has 0 saturated carbocycles. The van der Waals surface area contributed by atoms with Gasteiger partial charge in [0, 0.05) is 11.3 Å². The van der Waals surface area contributed by atoms with Crippen molar-refractivity contribution in [2.45, 2.75) is 57.0 Å². The number of anilines is 2. The molecule has 0 saturated heterocycles. The number of aromatic hydroxyl groups is 1. The summed E-state index contributed by atoms with van der Waals surface area (Å²) in [6, 6.07) is 23.9. The summed E-state index contributed by atoms with van der Waals surface area (Å²) in [5, 5.41) is 32.8. The smallest absolute Gasteiger partial charge is 0.306 e. The van der Waals surface area contributed by atoms with Crippen molar-refractivity contribution in [1.82, 2.24) is 5.32 Å². The molecule has 0 aliphatic heterocycles. The molecule has 1 aliphatic rings. The van der Waals surface area contributed by atoms with E-state index in [9.17, 15) is 22.9 Å². The van der Waals surface area contributed by atoms with Gasteiger partial charge in [0.1, 0.15) is 12.0 Å². The van der Waals surface area contributed by atoms with Gasteiger partial charge in [0.05, 0.1) is 17.7 Å². The molecular formula is C36H36N4O6S. The molecule has 2 unspecified atom stereocenters. The fourth-order valence-corrected chi connectivity index (χ4v) is 7.15. The summed E-state index contributed by atoms with van der Waals surface area (Å²) in [7, 11) is -4.73. The van der Waals surface area contributed by atoms with E-state index in [-0.39, 0.29) is 23.9 Å².